The van der Waals surface area contributed by atoms with Crippen LogP contribution in [-0.4, -0.2) is 40.0 Å². The maximum atomic E-state index is 12.4. The summed E-state index contributed by atoms with van der Waals surface area (Å²) in [4.78, 5) is 29.4. The average molecular weight is 278 g/mol. The molecule has 0 unspecified atom stereocenters. The van der Waals surface area contributed by atoms with Crippen molar-refractivity contribution < 1.29 is 19.1 Å². The van der Waals surface area contributed by atoms with Gasteiger partial charge in [0.15, 0.2) is 5.89 Å². The fraction of sp³-hybridized carbons (Fsp3) is 0.643. The number of nitrogens with zero attached hydrogens (tertiary/aromatic N) is 2. The minimum Gasteiger partial charge on any atom is -0.481 e. The Morgan fingerprint density at radius 2 is 2.10 bits per heavy atom. The smallest absolute Gasteiger partial charge is 0.308 e. The van der Waals surface area contributed by atoms with E-state index >= 15 is 0 Å². The lowest BCUT2D eigenvalue weighted by Crippen LogP contribution is -2.42. The number of aliphatic carboxylic acids is 1. The van der Waals surface area contributed by atoms with E-state index in [1.54, 1.807) is 11.8 Å². The van der Waals surface area contributed by atoms with Crippen LogP contribution in [0.4, 0.5) is 0 Å². The number of hydrogen-bond donors (Lipinski definition) is 1. The predicted molar refractivity (Wildman–Crippen MR) is 69.5 cm³/mol. The van der Waals surface area contributed by atoms with Crippen molar-refractivity contribution in [2.24, 2.45) is 5.92 Å². The first-order valence-corrected chi connectivity index (χ1v) is 7.05. The zero-order valence-corrected chi connectivity index (χ0v) is 11.5. The molecule has 6 heteroatoms. The Labute approximate surface area is 116 Å². The molecule has 108 valence electrons. The van der Waals surface area contributed by atoms with E-state index in [4.69, 9.17) is 9.52 Å². The molecule has 0 radical (unpaired) electrons. The van der Waals surface area contributed by atoms with E-state index in [1.165, 1.54) is 0 Å². The highest BCUT2D eigenvalue weighted by molar-refractivity contribution is 5.92. The summed E-state index contributed by atoms with van der Waals surface area (Å²) in [6.45, 7) is 2.61. The Morgan fingerprint density at radius 3 is 2.75 bits per heavy atom. The summed E-state index contributed by atoms with van der Waals surface area (Å²) in [5.41, 5.74) is 0.606. The Hall–Kier alpha value is -1.85. The van der Waals surface area contributed by atoms with Gasteiger partial charge in [-0.1, -0.05) is 0 Å². The van der Waals surface area contributed by atoms with Crippen molar-refractivity contribution >= 4 is 11.9 Å². The van der Waals surface area contributed by atoms with E-state index in [-0.39, 0.29) is 18.2 Å². The molecule has 20 heavy (non-hydrogen) atoms. The van der Waals surface area contributed by atoms with Crippen molar-refractivity contribution in [3.8, 4) is 0 Å². The standard InChI is InChI=1S/C14H18N2O4/c1-8-11(20-12(15-8)9-4-5-9)13(17)16-6-2-3-10(7-16)14(18)19/h9-10H,2-7H2,1H3,(H,18,19)/t10-/m0/s1. The van der Waals surface area contributed by atoms with Crippen LogP contribution >= 0.6 is 0 Å². The number of aromatic nitrogens is 1. The molecule has 1 N–H and O–H groups in total. The summed E-state index contributed by atoms with van der Waals surface area (Å²) in [6, 6.07) is 0. The summed E-state index contributed by atoms with van der Waals surface area (Å²) in [6.07, 6.45) is 3.48. The van der Waals surface area contributed by atoms with Crippen molar-refractivity contribution in [3.05, 3.63) is 17.3 Å². The van der Waals surface area contributed by atoms with Crippen LogP contribution in [0, 0.1) is 12.8 Å². The van der Waals surface area contributed by atoms with Gasteiger partial charge in [0.05, 0.1) is 11.6 Å². The normalized spacial score (nSPS) is 22.9. The van der Waals surface area contributed by atoms with Crippen LogP contribution < -0.4 is 0 Å². The molecule has 1 aliphatic carbocycles. The Bertz CT molecular complexity index is 547. The molecular weight excluding hydrogens is 260 g/mol. The predicted octanol–water partition coefficient (Wildman–Crippen LogP) is 1.80. The second kappa shape index (κ2) is 4.92. The molecule has 1 saturated heterocycles. The number of piperidine rings is 1. The molecular formula is C14H18N2O4. The maximum Gasteiger partial charge on any atom is 0.308 e. The number of hydrogen-bond acceptors (Lipinski definition) is 4. The van der Waals surface area contributed by atoms with Crippen LogP contribution in [0.25, 0.3) is 0 Å². The largest absolute Gasteiger partial charge is 0.481 e. The molecule has 2 heterocycles. The fourth-order valence-electron chi connectivity index (χ4n) is 2.63. The van der Waals surface area contributed by atoms with Gasteiger partial charge in [-0.2, -0.15) is 0 Å². The lowest BCUT2D eigenvalue weighted by molar-refractivity contribution is -0.143. The third-order valence-corrected chi connectivity index (χ3v) is 3.99. The van der Waals surface area contributed by atoms with Crippen molar-refractivity contribution in [3.63, 3.8) is 0 Å². The fourth-order valence-corrected chi connectivity index (χ4v) is 2.63. The number of oxazole rings is 1. The van der Waals surface area contributed by atoms with E-state index in [0.717, 1.165) is 12.8 Å². The number of carbonyl (C=O) groups is 2. The summed E-state index contributed by atoms with van der Waals surface area (Å²) in [5, 5.41) is 9.07. The first-order chi connectivity index (χ1) is 9.56. The molecule has 1 amide bonds. The van der Waals surface area contributed by atoms with Gasteiger partial charge in [-0.05, 0) is 32.6 Å². The molecule has 0 spiro atoms. The van der Waals surface area contributed by atoms with Crippen LogP contribution in [-0.2, 0) is 4.79 Å². The van der Waals surface area contributed by atoms with E-state index in [0.29, 0.717) is 36.9 Å². The third kappa shape index (κ3) is 2.42. The third-order valence-electron chi connectivity index (χ3n) is 3.99. The molecule has 2 aliphatic rings. The zero-order chi connectivity index (χ0) is 14.3. The minimum absolute atomic E-state index is 0.229. The Balaban J connectivity index is 1.76. The first kappa shape index (κ1) is 13.1. The lowest BCUT2D eigenvalue weighted by Gasteiger charge is -2.30. The number of aryl methyl sites for hydroxylation is 1. The molecule has 3 rings (SSSR count). The van der Waals surface area contributed by atoms with Crippen LogP contribution in [0.2, 0.25) is 0 Å². The monoisotopic (exact) mass is 278 g/mol. The molecule has 6 nitrogen and oxygen atoms in total. The lowest BCUT2D eigenvalue weighted by atomic mass is 9.98. The molecule has 1 aromatic heterocycles. The van der Waals surface area contributed by atoms with Crippen molar-refractivity contribution in [2.45, 2.75) is 38.5 Å². The molecule has 1 aromatic rings. The van der Waals surface area contributed by atoms with Gasteiger partial charge in [0, 0.05) is 19.0 Å². The SMILES string of the molecule is Cc1nc(C2CC2)oc1C(=O)N1CCC[C@H](C(=O)O)C1. The van der Waals surface area contributed by atoms with E-state index < -0.39 is 11.9 Å². The quantitative estimate of drug-likeness (QED) is 0.911. The van der Waals surface area contributed by atoms with Crippen LogP contribution in [0.15, 0.2) is 4.42 Å². The van der Waals surface area contributed by atoms with Crippen LogP contribution in [0.3, 0.4) is 0 Å². The minimum atomic E-state index is -0.838. The summed E-state index contributed by atoms with van der Waals surface area (Å²) in [5.74, 6) is -0.249. The molecule has 1 aliphatic heterocycles. The molecule has 0 aromatic carbocycles. The number of carboxylic acids is 1. The van der Waals surface area contributed by atoms with Gasteiger partial charge in [-0.3, -0.25) is 9.59 Å². The van der Waals surface area contributed by atoms with Gasteiger partial charge in [-0.15, -0.1) is 0 Å². The average Bonchev–Trinajstić information content (AvgIpc) is 3.21. The second-order valence-corrected chi connectivity index (χ2v) is 5.67. The van der Waals surface area contributed by atoms with E-state index in [2.05, 4.69) is 4.98 Å². The molecule has 0 bridgehead atoms. The zero-order valence-electron chi connectivity index (χ0n) is 11.5. The van der Waals surface area contributed by atoms with Gasteiger partial charge in [0.25, 0.3) is 5.91 Å². The molecule has 1 atom stereocenters. The van der Waals surface area contributed by atoms with Gasteiger partial charge < -0.3 is 14.4 Å². The second-order valence-electron chi connectivity index (χ2n) is 5.67. The topological polar surface area (TPSA) is 83.6 Å². The first-order valence-electron chi connectivity index (χ1n) is 7.05. The highest BCUT2D eigenvalue weighted by atomic mass is 16.4. The number of rotatable bonds is 3. The van der Waals surface area contributed by atoms with E-state index in [9.17, 15) is 9.59 Å². The van der Waals surface area contributed by atoms with Crippen molar-refractivity contribution in [2.75, 3.05) is 13.1 Å². The van der Waals surface area contributed by atoms with Gasteiger partial charge in [0.1, 0.15) is 0 Å². The summed E-state index contributed by atoms with van der Waals surface area (Å²) >= 11 is 0. The van der Waals surface area contributed by atoms with Crippen LogP contribution in [0.5, 0.6) is 0 Å². The number of carbonyl (C=O) groups excluding carboxylic acids is 1. The molecule has 1 saturated carbocycles. The van der Waals surface area contributed by atoms with Crippen molar-refractivity contribution in [1.29, 1.82) is 0 Å². The maximum absolute atomic E-state index is 12.4. The van der Waals surface area contributed by atoms with Gasteiger partial charge in [0.2, 0.25) is 5.76 Å². The van der Waals surface area contributed by atoms with Crippen LogP contribution in [0.1, 0.15) is 53.7 Å². The highest BCUT2D eigenvalue weighted by Crippen LogP contribution is 2.40. The van der Waals surface area contributed by atoms with E-state index in [1.807, 2.05) is 0 Å². The number of carboxylic acid groups (broad SMARTS) is 1. The number of likely N-dealkylation sites (tertiary alicyclic amines) is 1. The van der Waals surface area contributed by atoms with Gasteiger partial charge in [-0.25, -0.2) is 4.98 Å². The molecule has 2 fully saturated rings. The summed E-state index contributed by atoms with van der Waals surface area (Å²) < 4.78 is 5.60. The summed E-state index contributed by atoms with van der Waals surface area (Å²) in [7, 11) is 0. The Kier molecular flexibility index (Phi) is 3.23. The number of amides is 1. The van der Waals surface area contributed by atoms with Crippen molar-refractivity contribution in [1.82, 2.24) is 9.88 Å². The highest BCUT2D eigenvalue weighted by Gasteiger charge is 2.34. The van der Waals surface area contributed by atoms with Gasteiger partial charge >= 0.3 is 5.97 Å². The Morgan fingerprint density at radius 1 is 1.35 bits per heavy atom.